The van der Waals surface area contributed by atoms with Gasteiger partial charge in [0.2, 0.25) is 0 Å². The summed E-state index contributed by atoms with van der Waals surface area (Å²) in [7, 11) is 1.76. The molecule has 0 bridgehead atoms. The summed E-state index contributed by atoms with van der Waals surface area (Å²) in [5, 5.41) is 3.49. The zero-order valence-electron chi connectivity index (χ0n) is 10.8. The lowest BCUT2D eigenvalue weighted by Gasteiger charge is -2.26. The van der Waals surface area contributed by atoms with Crippen molar-refractivity contribution in [1.29, 1.82) is 0 Å². The van der Waals surface area contributed by atoms with E-state index in [1.54, 1.807) is 7.11 Å². The molecule has 16 heavy (non-hydrogen) atoms. The summed E-state index contributed by atoms with van der Waals surface area (Å²) in [6, 6.07) is 0. The molecule has 0 aliphatic carbocycles. The Bertz CT molecular complexity index is 214. The lowest BCUT2D eigenvalue weighted by atomic mass is 9.89. The minimum Gasteiger partial charge on any atom is -0.497 e. The minimum atomic E-state index is 0.292. The van der Waals surface area contributed by atoms with E-state index in [1.165, 1.54) is 0 Å². The molecular weight excluding hydrogens is 202 g/mol. The van der Waals surface area contributed by atoms with Gasteiger partial charge >= 0.3 is 0 Å². The molecule has 1 unspecified atom stereocenters. The molecule has 0 saturated carbocycles. The summed E-state index contributed by atoms with van der Waals surface area (Å²) >= 11 is 0. The number of hydrogen-bond donors (Lipinski definition) is 1. The summed E-state index contributed by atoms with van der Waals surface area (Å²) in [6.07, 6.45) is 7.61. The van der Waals surface area contributed by atoms with Crippen molar-refractivity contribution in [1.82, 2.24) is 5.32 Å². The molecule has 0 aromatic rings. The van der Waals surface area contributed by atoms with Gasteiger partial charge < -0.3 is 14.8 Å². The van der Waals surface area contributed by atoms with Crippen molar-refractivity contribution in [2.45, 2.75) is 39.2 Å². The third kappa shape index (κ3) is 5.52. The SMILES string of the molecule is COCCC(C)(C)CNCC1CCC=CO1. The maximum Gasteiger partial charge on any atom is 0.110 e. The van der Waals surface area contributed by atoms with Gasteiger partial charge in [-0.3, -0.25) is 0 Å². The van der Waals surface area contributed by atoms with Crippen LogP contribution in [-0.2, 0) is 9.47 Å². The van der Waals surface area contributed by atoms with Gasteiger partial charge in [-0.2, -0.15) is 0 Å². The molecule has 1 aliphatic heterocycles. The van der Waals surface area contributed by atoms with E-state index in [0.717, 1.165) is 39.0 Å². The van der Waals surface area contributed by atoms with Gasteiger partial charge in [0.05, 0.1) is 6.26 Å². The molecule has 1 N–H and O–H groups in total. The molecule has 0 spiro atoms. The second kappa shape index (κ2) is 6.92. The van der Waals surface area contributed by atoms with E-state index in [4.69, 9.17) is 9.47 Å². The highest BCUT2D eigenvalue weighted by Gasteiger charge is 2.18. The fourth-order valence-electron chi connectivity index (χ4n) is 1.77. The Kier molecular flexibility index (Phi) is 5.85. The van der Waals surface area contributed by atoms with Crippen molar-refractivity contribution in [3.63, 3.8) is 0 Å². The molecule has 3 heteroatoms. The molecular formula is C13H25NO2. The molecule has 0 saturated heterocycles. The van der Waals surface area contributed by atoms with Crippen LogP contribution in [0.2, 0.25) is 0 Å². The van der Waals surface area contributed by atoms with Gasteiger partial charge in [0, 0.05) is 26.8 Å². The molecule has 1 rings (SSSR count). The van der Waals surface area contributed by atoms with E-state index in [9.17, 15) is 0 Å². The van der Waals surface area contributed by atoms with Crippen LogP contribution in [0.25, 0.3) is 0 Å². The molecule has 3 nitrogen and oxygen atoms in total. The smallest absolute Gasteiger partial charge is 0.110 e. The maximum atomic E-state index is 5.51. The lowest BCUT2D eigenvalue weighted by molar-refractivity contribution is 0.114. The largest absolute Gasteiger partial charge is 0.497 e. The number of allylic oxidation sites excluding steroid dienone is 1. The molecule has 0 aromatic carbocycles. The summed E-state index contributed by atoms with van der Waals surface area (Å²) in [6.45, 7) is 7.32. The maximum absolute atomic E-state index is 5.51. The molecule has 94 valence electrons. The number of rotatable bonds is 7. The Morgan fingerprint density at radius 3 is 2.94 bits per heavy atom. The first-order valence-electron chi connectivity index (χ1n) is 6.14. The van der Waals surface area contributed by atoms with Crippen LogP contribution in [0, 0.1) is 5.41 Å². The van der Waals surface area contributed by atoms with Gasteiger partial charge in [-0.15, -0.1) is 0 Å². The van der Waals surface area contributed by atoms with Crippen LogP contribution >= 0.6 is 0 Å². The normalized spacial score (nSPS) is 20.8. The van der Waals surface area contributed by atoms with E-state index >= 15 is 0 Å². The summed E-state index contributed by atoms with van der Waals surface area (Å²) in [5.74, 6) is 0. The van der Waals surface area contributed by atoms with E-state index < -0.39 is 0 Å². The van der Waals surface area contributed by atoms with Crippen LogP contribution in [0.4, 0.5) is 0 Å². The Hall–Kier alpha value is -0.540. The van der Waals surface area contributed by atoms with Crippen molar-refractivity contribution < 1.29 is 9.47 Å². The van der Waals surface area contributed by atoms with E-state index in [2.05, 4.69) is 25.2 Å². The van der Waals surface area contributed by atoms with Crippen LogP contribution in [0.15, 0.2) is 12.3 Å². The average molecular weight is 227 g/mol. The third-order valence-corrected chi connectivity index (χ3v) is 2.98. The van der Waals surface area contributed by atoms with Gasteiger partial charge in [0.25, 0.3) is 0 Å². The number of nitrogens with one attached hydrogen (secondary N) is 1. The molecule has 0 radical (unpaired) electrons. The van der Waals surface area contributed by atoms with Gasteiger partial charge in [0.15, 0.2) is 0 Å². The monoisotopic (exact) mass is 227 g/mol. The van der Waals surface area contributed by atoms with Gasteiger partial charge in [-0.1, -0.05) is 13.8 Å². The Labute approximate surface area is 99.2 Å². The van der Waals surface area contributed by atoms with Crippen LogP contribution in [-0.4, -0.2) is 32.9 Å². The highest BCUT2D eigenvalue weighted by molar-refractivity contribution is 4.83. The molecule has 1 heterocycles. The molecule has 0 aromatic heterocycles. The minimum absolute atomic E-state index is 0.292. The van der Waals surface area contributed by atoms with Crippen LogP contribution in [0.1, 0.15) is 33.1 Å². The summed E-state index contributed by atoms with van der Waals surface area (Å²) in [5.41, 5.74) is 0.292. The first-order chi connectivity index (χ1) is 7.64. The second-order valence-electron chi connectivity index (χ2n) is 5.25. The summed E-state index contributed by atoms with van der Waals surface area (Å²) < 4.78 is 10.6. The summed E-state index contributed by atoms with van der Waals surface area (Å²) in [4.78, 5) is 0. The predicted molar refractivity (Wildman–Crippen MR) is 66.4 cm³/mol. The van der Waals surface area contributed by atoms with E-state index in [0.29, 0.717) is 11.5 Å². The average Bonchev–Trinajstić information content (AvgIpc) is 2.28. The molecule has 1 atom stereocenters. The van der Waals surface area contributed by atoms with Crippen molar-refractivity contribution >= 4 is 0 Å². The lowest BCUT2D eigenvalue weighted by Crippen LogP contribution is -2.36. The zero-order chi connectivity index (χ0) is 11.9. The van der Waals surface area contributed by atoms with E-state index in [-0.39, 0.29) is 0 Å². The second-order valence-corrected chi connectivity index (χ2v) is 5.25. The molecule has 1 aliphatic rings. The highest BCUT2D eigenvalue weighted by atomic mass is 16.5. The first-order valence-corrected chi connectivity index (χ1v) is 6.14. The highest BCUT2D eigenvalue weighted by Crippen LogP contribution is 2.19. The standard InChI is InChI=1S/C13H25NO2/c1-13(2,7-9-15-3)11-14-10-12-6-4-5-8-16-12/h5,8,12,14H,4,6-7,9-11H2,1-3H3. The van der Waals surface area contributed by atoms with Crippen molar-refractivity contribution in [3.05, 3.63) is 12.3 Å². The number of ether oxygens (including phenoxy) is 2. The third-order valence-electron chi connectivity index (χ3n) is 2.98. The Balaban J connectivity index is 2.11. The zero-order valence-corrected chi connectivity index (χ0v) is 10.8. The van der Waals surface area contributed by atoms with Crippen molar-refractivity contribution in [3.8, 4) is 0 Å². The van der Waals surface area contributed by atoms with Gasteiger partial charge in [-0.05, 0) is 30.8 Å². The fraction of sp³-hybridized carbons (Fsp3) is 0.846. The van der Waals surface area contributed by atoms with Crippen molar-refractivity contribution in [2.75, 3.05) is 26.8 Å². The first kappa shape index (κ1) is 13.5. The van der Waals surface area contributed by atoms with E-state index in [1.807, 2.05) is 6.26 Å². The molecule has 0 amide bonds. The topological polar surface area (TPSA) is 30.5 Å². The Morgan fingerprint density at radius 2 is 2.31 bits per heavy atom. The van der Waals surface area contributed by atoms with Gasteiger partial charge in [-0.25, -0.2) is 0 Å². The van der Waals surface area contributed by atoms with Crippen molar-refractivity contribution in [2.24, 2.45) is 5.41 Å². The van der Waals surface area contributed by atoms with Crippen LogP contribution in [0.3, 0.4) is 0 Å². The number of methoxy groups -OCH3 is 1. The number of hydrogen-bond acceptors (Lipinski definition) is 3. The van der Waals surface area contributed by atoms with Crippen LogP contribution < -0.4 is 5.32 Å². The quantitative estimate of drug-likeness (QED) is 0.724. The molecule has 0 fully saturated rings. The van der Waals surface area contributed by atoms with Crippen LogP contribution in [0.5, 0.6) is 0 Å². The van der Waals surface area contributed by atoms with Gasteiger partial charge in [0.1, 0.15) is 6.10 Å². The fourth-order valence-corrected chi connectivity index (χ4v) is 1.77. The Morgan fingerprint density at radius 1 is 1.50 bits per heavy atom. The predicted octanol–water partition coefficient (Wildman–Crippen LogP) is 2.33.